The third-order valence-corrected chi connectivity index (χ3v) is 4.29. The lowest BCUT2D eigenvalue weighted by Crippen LogP contribution is -2.36. The highest BCUT2D eigenvalue weighted by molar-refractivity contribution is 7.91. The molecule has 1 atom stereocenters. The van der Waals surface area contributed by atoms with Crippen LogP contribution in [-0.2, 0) is 9.84 Å². The number of sulfone groups is 1. The van der Waals surface area contributed by atoms with Crippen molar-refractivity contribution in [2.45, 2.75) is 26.0 Å². The zero-order valence-corrected chi connectivity index (χ0v) is 11.1. The van der Waals surface area contributed by atoms with Crippen LogP contribution in [0.3, 0.4) is 0 Å². The molecule has 0 aliphatic heterocycles. The van der Waals surface area contributed by atoms with Crippen LogP contribution in [0, 0.1) is 0 Å². The van der Waals surface area contributed by atoms with E-state index in [1.165, 1.54) is 6.26 Å². The van der Waals surface area contributed by atoms with Gasteiger partial charge in [0.05, 0.1) is 5.25 Å². The molecule has 0 aliphatic rings. The molecular formula is C10H24N2O2S. The summed E-state index contributed by atoms with van der Waals surface area (Å²) in [4.78, 5) is 2.30. The van der Waals surface area contributed by atoms with Gasteiger partial charge in [-0.15, -0.1) is 0 Å². The first-order chi connectivity index (χ1) is 6.91. The third kappa shape index (κ3) is 6.87. The zero-order chi connectivity index (χ0) is 11.9. The van der Waals surface area contributed by atoms with Crippen LogP contribution in [0.15, 0.2) is 0 Å². The summed E-state index contributed by atoms with van der Waals surface area (Å²) >= 11 is 0. The maximum Gasteiger partial charge on any atom is 0.151 e. The van der Waals surface area contributed by atoms with Crippen LogP contribution in [0.4, 0.5) is 0 Å². The number of hydrogen-bond acceptors (Lipinski definition) is 4. The third-order valence-electron chi connectivity index (χ3n) is 2.66. The predicted octanol–water partition coefficient (Wildman–Crippen LogP) is 0.351. The number of rotatable bonds is 8. The summed E-state index contributed by atoms with van der Waals surface area (Å²) in [5.74, 6) is 0. The first-order valence-corrected chi connectivity index (χ1v) is 7.49. The molecule has 1 N–H and O–H groups in total. The molecule has 92 valence electrons. The van der Waals surface area contributed by atoms with Crippen molar-refractivity contribution in [2.24, 2.45) is 0 Å². The Balaban J connectivity index is 3.63. The number of likely N-dealkylation sites (N-methyl/N-ethyl adjacent to an activating group) is 1. The maximum atomic E-state index is 11.1. The number of hydrogen-bond donors (Lipinski definition) is 1. The molecule has 0 aliphatic carbocycles. The van der Waals surface area contributed by atoms with E-state index in [0.29, 0.717) is 6.54 Å². The van der Waals surface area contributed by atoms with Gasteiger partial charge in [0.15, 0.2) is 9.84 Å². The van der Waals surface area contributed by atoms with Gasteiger partial charge < -0.3 is 10.2 Å². The molecule has 0 amide bonds. The molecule has 0 bridgehead atoms. The van der Waals surface area contributed by atoms with Crippen molar-refractivity contribution in [1.29, 1.82) is 0 Å². The highest BCUT2D eigenvalue weighted by Gasteiger charge is 2.13. The molecule has 0 aromatic heterocycles. The largest absolute Gasteiger partial charge is 0.314 e. The molecule has 0 fully saturated rings. The Hall–Kier alpha value is -0.130. The van der Waals surface area contributed by atoms with Crippen molar-refractivity contribution in [1.82, 2.24) is 10.2 Å². The van der Waals surface area contributed by atoms with Crippen molar-refractivity contribution in [2.75, 3.05) is 39.0 Å². The maximum absolute atomic E-state index is 11.1. The number of nitrogens with one attached hydrogen (secondary N) is 1. The second kappa shape index (κ2) is 7.19. The molecule has 0 radical (unpaired) electrons. The fraction of sp³-hybridized carbons (Fsp3) is 1.00. The van der Waals surface area contributed by atoms with Gasteiger partial charge in [0.25, 0.3) is 0 Å². The summed E-state index contributed by atoms with van der Waals surface area (Å²) in [6, 6.07) is 0. The molecule has 0 saturated carbocycles. The highest BCUT2D eigenvalue weighted by atomic mass is 32.2. The Morgan fingerprint density at radius 2 is 1.80 bits per heavy atom. The molecule has 0 spiro atoms. The van der Waals surface area contributed by atoms with Crippen LogP contribution < -0.4 is 5.32 Å². The standard InChI is InChI=1S/C10H24N2O2S/c1-5-12(6-2)8-7-11-9-10(3)15(4,13)14/h10-11H,5-9H2,1-4H3. The normalized spacial score (nSPS) is 14.5. The molecule has 0 heterocycles. The van der Waals surface area contributed by atoms with Crippen LogP contribution in [0.5, 0.6) is 0 Å². The molecule has 0 aromatic carbocycles. The van der Waals surface area contributed by atoms with E-state index in [4.69, 9.17) is 0 Å². The quantitative estimate of drug-likeness (QED) is 0.618. The van der Waals surface area contributed by atoms with E-state index in [-0.39, 0.29) is 5.25 Å². The molecular weight excluding hydrogens is 212 g/mol. The molecule has 0 saturated heterocycles. The molecule has 5 heteroatoms. The van der Waals surface area contributed by atoms with Gasteiger partial charge in [0, 0.05) is 25.9 Å². The average Bonchev–Trinajstić information content (AvgIpc) is 2.16. The molecule has 15 heavy (non-hydrogen) atoms. The summed E-state index contributed by atoms with van der Waals surface area (Å²) in [6.07, 6.45) is 1.28. The van der Waals surface area contributed by atoms with Crippen LogP contribution >= 0.6 is 0 Å². The lowest BCUT2D eigenvalue weighted by molar-refractivity contribution is 0.302. The van der Waals surface area contributed by atoms with Crippen LogP contribution in [-0.4, -0.2) is 57.5 Å². The van der Waals surface area contributed by atoms with E-state index in [1.807, 2.05) is 0 Å². The molecule has 0 aromatic rings. The van der Waals surface area contributed by atoms with Crippen molar-refractivity contribution in [3.8, 4) is 0 Å². The second-order valence-corrected chi connectivity index (χ2v) is 6.33. The van der Waals surface area contributed by atoms with E-state index in [9.17, 15) is 8.42 Å². The van der Waals surface area contributed by atoms with Crippen LogP contribution in [0.25, 0.3) is 0 Å². The van der Waals surface area contributed by atoms with Crippen molar-refractivity contribution >= 4 is 9.84 Å². The van der Waals surface area contributed by atoms with E-state index >= 15 is 0 Å². The van der Waals surface area contributed by atoms with E-state index in [0.717, 1.165) is 26.2 Å². The SMILES string of the molecule is CCN(CC)CCNCC(C)S(C)(=O)=O. The molecule has 1 unspecified atom stereocenters. The Bertz CT molecular complexity index is 248. The summed E-state index contributed by atoms with van der Waals surface area (Å²) in [7, 11) is -2.89. The Morgan fingerprint density at radius 3 is 2.20 bits per heavy atom. The second-order valence-electron chi connectivity index (χ2n) is 3.87. The minimum atomic E-state index is -2.89. The fourth-order valence-corrected chi connectivity index (χ4v) is 1.65. The van der Waals surface area contributed by atoms with Gasteiger partial charge in [-0.1, -0.05) is 13.8 Å². The fourth-order valence-electron chi connectivity index (χ4n) is 1.23. The summed E-state index contributed by atoms with van der Waals surface area (Å²) in [5, 5.41) is 2.87. The lowest BCUT2D eigenvalue weighted by Gasteiger charge is -2.18. The van der Waals surface area contributed by atoms with Crippen molar-refractivity contribution in [3.63, 3.8) is 0 Å². The minimum absolute atomic E-state index is 0.297. The van der Waals surface area contributed by atoms with E-state index in [2.05, 4.69) is 24.1 Å². The topological polar surface area (TPSA) is 49.4 Å². The lowest BCUT2D eigenvalue weighted by atomic mass is 10.4. The summed E-state index contributed by atoms with van der Waals surface area (Å²) in [5.41, 5.74) is 0. The summed E-state index contributed by atoms with van der Waals surface area (Å²) in [6.45, 7) is 10.4. The Labute approximate surface area is 94.0 Å². The van der Waals surface area contributed by atoms with Gasteiger partial charge in [0.1, 0.15) is 0 Å². The Morgan fingerprint density at radius 1 is 1.27 bits per heavy atom. The van der Waals surface area contributed by atoms with E-state index in [1.54, 1.807) is 6.92 Å². The highest BCUT2D eigenvalue weighted by Crippen LogP contribution is 1.95. The van der Waals surface area contributed by atoms with Crippen LogP contribution in [0.1, 0.15) is 20.8 Å². The van der Waals surface area contributed by atoms with Gasteiger partial charge in [-0.25, -0.2) is 8.42 Å². The van der Waals surface area contributed by atoms with Gasteiger partial charge in [-0.2, -0.15) is 0 Å². The first kappa shape index (κ1) is 14.9. The Kier molecular flexibility index (Phi) is 7.13. The molecule has 0 rings (SSSR count). The van der Waals surface area contributed by atoms with Crippen molar-refractivity contribution in [3.05, 3.63) is 0 Å². The predicted molar refractivity (Wildman–Crippen MR) is 65.0 cm³/mol. The van der Waals surface area contributed by atoms with Gasteiger partial charge in [0.2, 0.25) is 0 Å². The number of nitrogens with zero attached hydrogens (tertiary/aromatic N) is 1. The van der Waals surface area contributed by atoms with Crippen molar-refractivity contribution < 1.29 is 8.42 Å². The smallest absolute Gasteiger partial charge is 0.151 e. The van der Waals surface area contributed by atoms with Gasteiger partial charge in [-0.05, 0) is 20.0 Å². The molecule has 4 nitrogen and oxygen atoms in total. The minimum Gasteiger partial charge on any atom is -0.314 e. The average molecular weight is 236 g/mol. The van der Waals surface area contributed by atoms with Gasteiger partial charge in [-0.3, -0.25) is 0 Å². The van der Waals surface area contributed by atoms with E-state index < -0.39 is 9.84 Å². The van der Waals surface area contributed by atoms with Crippen LogP contribution in [0.2, 0.25) is 0 Å². The first-order valence-electron chi connectivity index (χ1n) is 5.53. The monoisotopic (exact) mass is 236 g/mol. The zero-order valence-electron chi connectivity index (χ0n) is 10.3. The summed E-state index contributed by atoms with van der Waals surface area (Å²) < 4.78 is 22.2. The van der Waals surface area contributed by atoms with Gasteiger partial charge >= 0.3 is 0 Å².